The Kier molecular flexibility index (Phi) is 6.65. The van der Waals surface area contributed by atoms with Gasteiger partial charge in [0.2, 0.25) is 5.91 Å². The Morgan fingerprint density at radius 2 is 1.84 bits per heavy atom. The minimum absolute atomic E-state index is 0.167. The highest BCUT2D eigenvalue weighted by molar-refractivity contribution is 6.06. The predicted molar refractivity (Wildman–Crippen MR) is 124 cm³/mol. The van der Waals surface area contributed by atoms with Crippen molar-refractivity contribution in [3.63, 3.8) is 0 Å². The first-order valence-electron chi connectivity index (χ1n) is 10.8. The molecule has 0 aliphatic carbocycles. The van der Waals surface area contributed by atoms with Gasteiger partial charge in [0.25, 0.3) is 11.8 Å². The highest BCUT2D eigenvalue weighted by Gasteiger charge is 2.20. The molecule has 0 atom stereocenters. The molecule has 0 bridgehead atoms. The maximum atomic E-state index is 12.9. The highest BCUT2D eigenvalue weighted by atomic mass is 16.2. The third kappa shape index (κ3) is 5.06. The lowest BCUT2D eigenvalue weighted by Gasteiger charge is -2.16. The van der Waals surface area contributed by atoms with Gasteiger partial charge in [-0.25, -0.2) is 0 Å². The number of nitrogens with one attached hydrogen (secondary N) is 3. The lowest BCUT2D eigenvalue weighted by atomic mass is 10.1. The van der Waals surface area contributed by atoms with Gasteiger partial charge in [0, 0.05) is 54.3 Å². The molecular formula is C25H26N4O3. The molecule has 0 radical (unpaired) electrons. The monoisotopic (exact) mass is 430 g/mol. The van der Waals surface area contributed by atoms with Crippen molar-refractivity contribution < 1.29 is 14.4 Å². The first kappa shape index (κ1) is 21.4. The maximum Gasteiger partial charge on any atom is 0.267 e. The van der Waals surface area contributed by atoms with E-state index in [0.29, 0.717) is 31.5 Å². The minimum atomic E-state index is -0.368. The zero-order chi connectivity index (χ0) is 22.3. The topological polar surface area (TPSA) is 94.3 Å². The van der Waals surface area contributed by atoms with E-state index >= 15 is 0 Å². The molecule has 3 N–H and O–H groups in total. The number of carbonyl (C=O) groups is 3. The number of nitrogens with zero attached hydrogens (tertiary/aromatic N) is 1. The van der Waals surface area contributed by atoms with Gasteiger partial charge >= 0.3 is 0 Å². The summed E-state index contributed by atoms with van der Waals surface area (Å²) in [6, 6.07) is 16.5. The summed E-state index contributed by atoms with van der Waals surface area (Å²) in [4.78, 5) is 42.4. The number of H-pyrrole nitrogens is 1. The van der Waals surface area contributed by atoms with Gasteiger partial charge in [0.05, 0.1) is 0 Å². The lowest BCUT2D eigenvalue weighted by molar-refractivity contribution is -0.127. The lowest BCUT2D eigenvalue weighted by Crippen LogP contribution is -2.36. The second-order valence-corrected chi connectivity index (χ2v) is 7.76. The minimum Gasteiger partial charge on any atom is -0.361 e. The van der Waals surface area contributed by atoms with Gasteiger partial charge in [-0.05, 0) is 37.1 Å². The van der Waals surface area contributed by atoms with Crippen LogP contribution in [0, 0.1) is 0 Å². The first-order chi connectivity index (χ1) is 15.6. The van der Waals surface area contributed by atoms with Crippen molar-refractivity contribution in [2.45, 2.75) is 19.3 Å². The third-order valence-corrected chi connectivity index (χ3v) is 5.51. The fourth-order valence-electron chi connectivity index (χ4n) is 3.82. The molecule has 0 saturated carbocycles. The fraction of sp³-hybridized carbons (Fsp3) is 0.240. The first-order valence-corrected chi connectivity index (χ1v) is 10.8. The number of aromatic nitrogens is 1. The Morgan fingerprint density at radius 1 is 1.06 bits per heavy atom. The summed E-state index contributed by atoms with van der Waals surface area (Å²) >= 11 is 0. The van der Waals surface area contributed by atoms with Crippen LogP contribution in [0.15, 0.2) is 66.5 Å². The Hall–Kier alpha value is -3.87. The summed E-state index contributed by atoms with van der Waals surface area (Å²) < 4.78 is 0. The number of hydrogen-bond acceptors (Lipinski definition) is 3. The Bertz CT molecular complexity index is 1150. The highest BCUT2D eigenvalue weighted by Crippen LogP contribution is 2.20. The summed E-state index contributed by atoms with van der Waals surface area (Å²) in [6.07, 6.45) is 5.65. The Morgan fingerprint density at radius 3 is 2.62 bits per heavy atom. The summed E-state index contributed by atoms with van der Waals surface area (Å²) in [5, 5.41) is 6.58. The van der Waals surface area contributed by atoms with Crippen molar-refractivity contribution in [1.29, 1.82) is 0 Å². The van der Waals surface area contributed by atoms with Crippen LogP contribution in [0.5, 0.6) is 0 Å². The zero-order valence-electron chi connectivity index (χ0n) is 17.8. The molecule has 3 amide bonds. The van der Waals surface area contributed by atoms with Gasteiger partial charge in [-0.1, -0.05) is 36.4 Å². The molecule has 4 rings (SSSR count). The molecule has 32 heavy (non-hydrogen) atoms. The predicted octanol–water partition coefficient (Wildman–Crippen LogP) is 3.07. The van der Waals surface area contributed by atoms with Crippen molar-refractivity contribution >= 4 is 34.7 Å². The molecule has 1 saturated heterocycles. The van der Waals surface area contributed by atoms with Crippen LogP contribution < -0.4 is 10.6 Å². The van der Waals surface area contributed by atoms with E-state index in [9.17, 15) is 14.4 Å². The van der Waals surface area contributed by atoms with Crippen molar-refractivity contribution in [2.24, 2.45) is 0 Å². The van der Waals surface area contributed by atoms with E-state index in [-0.39, 0.29) is 23.4 Å². The number of hydrogen-bond donors (Lipinski definition) is 3. The van der Waals surface area contributed by atoms with Crippen LogP contribution in [0.3, 0.4) is 0 Å². The summed E-state index contributed by atoms with van der Waals surface area (Å²) in [6.45, 7) is 1.82. The van der Waals surface area contributed by atoms with Crippen LogP contribution in [0.4, 0.5) is 0 Å². The van der Waals surface area contributed by atoms with E-state index in [2.05, 4.69) is 15.6 Å². The third-order valence-electron chi connectivity index (χ3n) is 5.51. The van der Waals surface area contributed by atoms with Crippen molar-refractivity contribution in [1.82, 2.24) is 20.5 Å². The SMILES string of the molecule is O=C(NCCCN1CCCC1=O)/C(=C/c1c[nH]c2ccccc12)NC(=O)c1ccccc1. The standard InChI is InChI=1S/C25H26N4O3/c30-23-12-6-14-29(23)15-7-13-26-25(32)22(28-24(31)18-8-2-1-3-9-18)16-19-17-27-21-11-5-4-10-20(19)21/h1-5,8-11,16-17,27H,6-7,12-15H2,(H,26,32)(H,28,31)/b22-16-. The number of carbonyl (C=O) groups excluding carboxylic acids is 3. The Labute approximate surface area is 186 Å². The summed E-state index contributed by atoms with van der Waals surface area (Å²) in [7, 11) is 0. The molecule has 1 aromatic heterocycles. The largest absolute Gasteiger partial charge is 0.361 e. The second-order valence-electron chi connectivity index (χ2n) is 7.76. The number of amides is 3. The van der Waals surface area contributed by atoms with E-state index in [1.54, 1.807) is 30.3 Å². The van der Waals surface area contributed by atoms with Gasteiger partial charge in [-0.2, -0.15) is 0 Å². The van der Waals surface area contributed by atoms with Crippen LogP contribution in [-0.4, -0.2) is 47.2 Å². The van der Waals surface area contributed by atoms with Crippen LogP contribution in [-0.2, 0) is 9.59 Å². The number of para-hydroxylation sites is 1. The van der Waals surface area contributed by atoms with Gasteiger partial charge in [0.15, 0.2) is 0 Å². The molecule has 3 aromatic rings. The second kappa shape index (κ2) is 9.96. The van der Waals surface area contributed by atoms with Crippen LogP contribution >= 0.6 is 0 Å². The molecule has 1 aliphatic heterocycles. The van der Waals surface area contributed by atoms with E-state index in [1.807, 2.05) is 41.4 Å². The molecule has 7 nitrogen and oxygen atoms in total. The maximum absolute atomic E-state index is 12.9. The molecular weight excluding hydrogens is 404 g/mol. The number of likely N-dealkylation sites (tertiary alicyclic amines) is 1. The van der Waals surface area contributed by atoms with Gasteiger partial charge < -0.3 is 20.5 Å². The summed E-state index contributed by atoms with van der Waals surface area (Å²) in [5.74, 6) is -0.548. The molecule has 2 heterocycles. The van der Waals surface area contributed by atoms with Crippen molar-refractivity contribution in [3.05, 3.63) is 77.6 Å². The Balaban J connectivity index is 1.48. The van der Waals surface area contributed by atoms with Crippen molar-refractivity contribution in [2.75, 3.05) is 19.6 Å². The smallest absolute Gasteiger partial charge is 0.267 e. The average molecular weight is 431 g/mol. The zero-order valence-corrected chi connectivity index (χ0v) is 17.8. The van der Waals surface area contributed by atoms with Crippen LogP contribution in [0.2, 0.25) is 0 Å². The number of fused-ring (bicyclic) bond motifs is 1. The number of aromatic amines is 1. The summed E-state index contributed by atoms with van der Waals surface area (Å²) in [5.41, 5.74) is 2.39. The van der Waals surface area contributed by atoms with Crippen LogP contribution in [0.25, 0.3) is 17.0 Å². The number of rotatable bonds is 8. The van der Waals surface area contributed by atoms with Crippen molar-refractivity contribution in [3.8, 4) is 0 Å². The van der Waals surface area contributed by atoms with E-state index in [1.165, 1.54) is 0 Å². The molecule has 1 aliphatic rings. The normalized spacial score (nSPS) is 14.1. The van der Waals surface area contributed by atoms with Crippen LogP contribution in [0.1, 0.15) is 35.2 Å². The van der Waals surface area contributed by atoms with Gasteiger partial charge in [-0.3, -0.25) is 14.4 Å². The molecule has 0 spiro atoms. The molecule has 2 aromatic carbocycles. The molecule has 164 valence electrons. The molecule has 7 heteroatoms. The fourth-order valence-corrected chi connectivity index (χ4v) is 3.82. The van der Waals surface area contributed by atoms with Gasteiger partial charge in [0.1, 0.15) is 5.70 Å². The van der Waals surface area contributed by atoms with E-state index in [4.69, 9.17) is 0 Å². The quantitative estimate of drug-likeness (QED) is 0.379. The van der Waals surface area contributed by atoms with Gasteiger partial charge in [-0.15, -0.1) is 0 Å². The molecule has 0 unspecified atom stereocenters. The number of benzene rings is 2. The van der Waals surface area contributed by atoms with E-state index in [0.717, 1.165) is 29.4 Å². The average Bonchev–Trinajstić information content (AvgIpc) is 3.42. The molecule has 1 fully saturated rings. The van der Waals surface area contributed by atoms with E-state index < -0.39 is 0 Å².